The van der Waals surface area contributed by atoms with E-state index in [0.717, 1.165) is 29.9 Å². The van der Waals surface area contributed by atoms with Crippen molar-refractivity contribution in [1.29, 1.82) is 0 Å². The molecule has 3 amide bonds. The Hall–Kier alpha value is -4.04. The maximum Gasteiger partial charge on any atom is 0.404 e. The van der Waals surface area contributed by atoms with E-state index in [1.54, 1.807) is 4.90 Å². The molecule has 1 fully saturated rings. The summed E-state index contributed by atoms with van der Waals surface area (Å²) in [6, 6.07) is 28.2. The van der Waals surface area contributed by atoms with Crippen molar-refractivity contribution in [2.45, 2.75) is 37.5 Å². The maximum atomic E-state index is 13.3. The van der Waals surface area contributed by atoms with Crippen LogP contribution in [-0.4, -0.2) is 71.6 Å². The molecule has 8 heteroatoms. The number of carboxylic acid groups (broad SMARTS) is 1. The Morgan fingerprint density at radius 2 is 1.26 bits per heavy atom. The van der Waals surface area contributed by atoms with Crippen LogP contribution in [0.25, 0.3) is 0 Å². The molecule has 200 valence electrons. The van der Waals surface area contributed by atoms with Crippen LogP contribution in [0.1, 0.15) is 17.5 Å². The number of rotatable bonds is 10. The van der Waals surface area contributed by atoms with Crippen LogP contribution in [0, 0.1) is 0 Å². The second kappa shape index (κ2) is 13.5. The highest BCUT2D eigenvalue weighted by Gasteiger charge is 2.28. The molecule has 0 aromatic heterocycles. The van der Waals surface area contributed by atoms with E-state index in [-0.39, 0.29) is 18.5 Å². The topological polar surface area (TPSA) is 105 Å². The predicted molar refractivity (Wildman–Crippen MR) is 148 cm³/mol. The fraction of sp³-hybridized carbons (Fsp3) is 0.333. The summed E-state index contributed by atoms with van der Waals surface area (Å²) in [6.07, 6.45) is -1.09. The van der Waals surface area contributed by atoms with Crippen LogP contribution >= 0.6 is 0 Å². The van der Waals surface area contributed by atoms with Gasteiger partial charge in [-0.3, -0.25) is 0 Å². The van der Waals surface area contributed by atoms with Crippen LogP contribution < -0.4 is 15.5 Å². The molecule has 0 aliphatic carbocycles. The van der Waals surface area contributed by atoms with Gasteiger partial charge in [0.05, 0.1) is 12.1 Å². The van der Waals surface area contributed by atoms with Gasteiger partial charge in [0.2, 0.25) is 0 Å². The number of hydrogen-bond donors (Lipinski definition) is 4. The van der Waals surface area contributed by atoms with Crippen molar-refractivity contribution in [1.82, 2.24) is 15.5 Å². The number of carbonyl (C=O) groups excluding carboxylic acids is 1. The number of urea groups is 1. The molecular formula is C30H36N4O4. The minimum atomic E-state index is -1.19. The van der Waals surface area contributed by atoms with Crippen molar-refractivity contribution in [3.63, 3.8) is 0 Å². The number of benzene rings is 3. The van der Waals surface area contributed by atoms with E-state index in [0.29, 0.717) is 25.9 Å². The summed E-state index contributed by atoms with van der Waals surface area (Å²) in [4.78, 5) is 28.8. The maximum absolute atomic E-state index is 13.3. The smallest absolute Gasteiger partial charge is 0.404 e. The van der Waals surface area contributed by atoms with Gasteiger partial charge in [-0.15, -0.1) is 0 Å². The summed E-state index contributed by atoms with van der Waals surface area (Å²) in [5.74, 6) is 0. The zero-order chi connectivity index (χ0) is 26.7. The number of aliphatic hydroxyl groups excluding tert-OH is 1. The highest BCUT2D eigenvalue weighted by Crippen LogP contribution is 2.17. The molecule has 1 aliphatic heterocycles. The summed E-state index contributed by atoms with van der Waals surface area (Å²) in [5, 5.41) is 26.1. The molecule has 1 saturated heterocycles. The lowest BCUT2D eigenvalue weighted by Gasteiger charge is -2.37. The summed E-state index contributed by atoms with van der Waals surface area (Å²) in [6.45, 7) is 2.67. The number of para-hydroxylation sites is 1. The molecule has 0 unspecified atom stereocenters. The number of aliphatic hydroxyl groups is 1. The first kappa shape index (κ1) is 27.0. The Labute approximate surface area is 223 Å². The van der Waals surface area contributed by atoms with Crippen LogP contribution in [0.4, 0.5) is 15.3 Å². The summed E-state index contributed by atoms with van der Waals surface area (Å²) in [5.41, 5.74) is 3.10. The normalized spacial score (nSPS) is 15.8. The number of amides is 3. The van der Waals surface area contributed by atoms with Gasteiger partial charge in [0.15, 0.2) is 0 Å². The largest absolute Gasteiger partial charge is 0.465 e. The van der Waals surface area contributed by atoms with Gasteiger partial charge >= 0.3 is 12.1 Å². The van der Waals surface area contributed by atoms with E-state index in [9.17, 15) is 19.8 Å². The molecule has 0 radical (unpaired) electrons. The molecule has 3 atom stereocenters. The molecule has 4 N–H and O–H groups in total. The van der Waals surface area contributed by atoms with Crippen molar-refractivity contribution in [3.8, 4) is 0 Å². The lowest BCUT2D eigenvalue weighted by atomic mass is 9.93. The molecule has 3 aromatic carbocycles. The average Bonchev–Trinajstić information content (AvgIpc) is 2.94. The highest BCUT2D eigenvalue weighted by atomic mass is 16.4. The van der Waals surface area contributed by atoms with E-state index in [1.165, 1.54) is 0 Å². The number of hydrogen-bond acceptors (Lipinski definition) is 4. The third-order valence-electron chi connectivity index (χ3n) is 6.94. The average molecular weight is 517 g/mol. The van der Waals surface area contributed by atoms with Crippen molar-refractivity contribution in [3.05, 3.63) is 102 Å². The Morgan fingerprint density at radius 3 is 1.82 bits per heavy atom. The van der Waals surface area contributed by atoms with Gasteiger partial charge in [-0.25, -0.2) is 9.59 Å². The quantitative estimate of drug-likeness (QED) is 0.329. The van der Waals surface area contributed by atoms with Gasteiger partial charge in [0.1, 0.15) is 0 Å². The van der Waals surface area contributed by atoms with Gasteiger partial charge in [-0.05, 0) is 42.5 Å². The van der Waals surface area contributed by atoms with Gasteiger partial charge in [-0.1, -0.05) is 78.9 Å². The number of nitrogens with zero attached hydrogens (tertiary/aromatic N) is 2. The van der Waals surface area contributed by atoms with E-state index < -0.39 is 18.2 Å². The minimum absolute atomic E-state index is 0.170. The van der Waals surface area contributed by atoms with Crippen LogP contribution in [0.5, 0.6) is 0 Å². The van der Waals surface area contributed by atoms with E-state index in [1.807, 2.05) is 78.9 Å². The van der Waals surface area contributed by atoms with Crippen molar-refractivity contribution in [2.24, 2.45) is 0 Å². The Balaban J connectivity index is 1.41. The first-order chi connectivity index (χ1) is 18.5. The predicted octanol–water partition coefficient (Wildman–Crippen LogP) is 3.76. The van der Waals surface area contributed by atoms with Crippen molar-refractivity contribution in [2.75, 3.05) is 31.1 Å². The molecular weight excluding hydrogens is 480 g/mol. The standard InChI is InChI=1S/C30H36N4O4/c35-28(27(32-30(37)38)21-24-12-6-2-7-13-24)22-25(20-23-10-4-1-5-11-23)31-29(36)34-18-16-33(17-19-34)26-14-8-3-9-15-26/h1-15,25,27-28,32,35H,16-22H2,(H,31,36)(H,37,38)/t25-,27-,28-/m0/s1. The third-order valence-corrected chi connectivity index (χ3v) is 6.94. The van der Waals surface area contributed by atoms with E-state index in [2.05, 4.69) is 27.7 Å². The molecule has 4 rings (SSSR count). The van der Waals surface area contributed by atoms with Gasteiger partial charge in [-0.2, -0.15) is 0 Å². The molecule has 38 heavy (non-hydrogen) atoms. The van der Waals surface area contributed by atoms with Crippen LogP contribution in [-0.2, 0) is 12.8 Å². The van der Waals surface area contributed by atoms with Crippen LogP contribution in [0.2, 0.25) is 0 Å². The lowest BCUT2D eigenvalue weighted by Crippen LogP contribution is -2.55. The Bertz CT molecular complexity index is 1140. The monoisotopic (exact) mass is 516 g/mol. The fourth-order valence-electron chi connectivity index (χ4n) is 4.93. The van der Waals surface area contributed by atoms with Crippen LogP contribution in [0.3, 0.4) is 0 Å². The van der Waals surface area contributed by atoms with Crippen molar-refractivity contribution < 1.29 is 19.8 Å². The molecule has 0 saturated carbocycles. The third kappa shape index (κ3) is 7.98. The molecule has 0 spiro atoms. The fourth-order valence-corrected chi connectivity index (χ4v) is 4.93. The lowest BCUT2D eigenvalue weighted by molar-refractivity contribution is 0.101. The summed E-state index contributed by atoms with van der Waals surface area (Å²) < 4.78 is 0. The molecule has 1 aliphatic rings. The number of carbonyl (C=O) groups is 2. The molecule has 8 nitrogen and oxygen atoms in total. The Kier molecular flexibility index (Phi) is 9.59. The first-order valence-electron chi connectivity index (χ1n) is 13.1. The van der Waals surface area contributed by atoms with E-state index >= 15 is 0 Å². The van der Waals surface area contributed by atoms with Crippen molar-refractivity contribution >= 4 is 17.8 Å². The molecule has 1 heterocycles. The SMILES string of the molecule is O=C(O)N[C@@H](Cc1ccccc1)[C@@H](O)C[C@H](Cc1ccccc1)NC(=O)N1CCN(c2ccccc2)CC1. The zero-order valence-corrected chi connectivity index (χ0v) is 21.4. The van der Waals surface area contributed by atoms with Crippen LogP contribution in [0.15, 0.2) is 91.0 Å². The van der Waals surface area contributed by atoms with Gasteiger partial charge in [0, 0.05) is 37.9 Å². The number of piperazine rings is 1. The van der Waals surface area contributed by atoms with Gasteiger partial charge in [0.25, 0.3) is 0 Å². The highest BCUT2D eigenvalue weighted by molar-refractivity contribution is 5.75. The Morgan fingerprint density at radius 1 is 0.737 bits per heavy atom. The first-order valence-corrected chi connectivity index (χ1v) is 13.1. The number of nitrogens with one attached hydrogen (secondary N) is 2. The zero-order valence-electron chi connectivity index (χ0n) is 21.4. The number of anilines is 1. The summed E-state index contributed by atoms with van der Waals surface area (Å²) >= 11 is 0. The second-order valence-corrected chi connectivity index (χ2v) is 9.69. The summed E-state index contributed by atoms with van der Waals surface area (Å²) in [7, 11) is 0. The van der Waals surface area contributed by atoms with Gasteiger partial charge < -0.3 is 30.6 Å². The minimum Gasteiger partial charge on any atom is -0.465 e. The van der Waals surface area contributed by atoms with E-state index in [4.69, 9.17) is 0 Å². The second-order valence-electron chi connectivity index (χ2n) is 9.69. The molecule has 0 bridgehead atoms. The molecule has 3 aromatic rings.